The van der Waals surface area contributed by atoms with Crippen LogP contribution < -0.4 is 10.6 Å². The van der Waals surface area contributed by atoms with Gasteiger partial charge in [0.1, 0.15) is 5.82 Å². The Morgan fingerprint density at radius 3 is 2.18 bits per heavy atom. The molecule has 4 aromatic rings. The number of hydrogen-bond donors (Lipinski definition) is 2. The second-order valence-corrected chi connectivity index (χ2v) is 14.0. The lowest BCUT2D eigenvalue weighted by Crippen LogP contribution is -2.47. The molecule has 45 heavy (non-hydrogen) atoms. The number of amides is 3. The maximum Gasteiger partial charge on any atom is 0.324 e. The number of hydrogen-bond acceptors (Lipinski definition) is 3. The predicted octanol–water partition coefficient (Wildman–Crippen LogP) is 7.99. The van der Waals surface area contributed by atoms with Gasteiger partial charge in [0.05, 0.1) is 17.8 Å². The van der Waals surface area contributed by atoms with E-state index in [0.29, 0.717) is 30.2 Å². The van der Waals surface area contributed by atoms with Crippen LogP contribution in [-0.2, 0) is 23.1 Å². The first-order valence-corrected chi connectivity index (χ1v) is 16.2. The Morgan fingerprint density at radius 2 is 1.53 bits per heavy atom. The lowest BCUT2D eigenvalue weighted by atomic mass is 9.85. The van der Waals surface area contributed by atoms with Crippen molar-refractivity contribution < 1.29 is 9.59 Å². The summed E-state index contributed by atoms with van der Waals surface area (Å²) in [5.74, 6) is 1.46. The first-order valence-electron chi connectivity index (χ1n) is 16.2. The molecular weight excluding hydrogens is 558 g/mol. The summed E-state index contributed by atoms with van der Waals surface area (Å²) in [7, 11) is 0. The van der Waals surface area contributed by atoms with Crippen LogP contribution in [0.3, 0.4) is 0 Å². The van der Waals surface area contributed by atoms with Gasteiger partial charge in [0, 0.05) is 29.3 Å². The van der Waals surface area contributed by atoms with E-state index in [1.165, 1.54) is 16.7 Å². The summed E-state index contributed by atoms with van der Waals surface area (Å²) in [5.41, 5.74) is 7.13. The van der Waals surface area contributed by atoms with Gasteiger partial charge in [0.2, 0.25) is 5.91 Å². The fourth-order valence-corrected chi connectivity index (χ4v) is 6.98. The van der Waals surface area contributed by atoms with Crippen LogP contribution in [0.1, 0.15) is 74.4 Å². The molecule has 2 aliphatic heterocycles. The van der Waals surface area contributed by atoms with Crippen molar-refractivity contribution in [1.29, 1.82) is 0 Å². The van der Waals surface area contributed by atoms with Gasteiger partial charge in [0.15, 0.2) is 0 Å². The maximum atomic E-state index is 13.3. The van der Waals surface area contributed by atoms with Gasteiger partial charge in [0.25, 0.3) is 0 Å². The van der Waals surface area contributed by atoms with Gasteiger partial charge in [-0.2, -0.15) is 5.10 Å². The number of benzene rings is 3. The van der Waals surface area contributed by atoms with Crippen LogP contribution in [0.2, 0.25) is 0 Å². The van der Waals surface area contributed by atoms with E-state index in [2.05, 4.69) is 74.4 Å². The van der Waals surface area contributed by atoms with Gasteiger partial charge < -0.3 is 10.2 Å². The standard InChI is InChI=1S/C38H45N5O2/c1-25-10-16-31(17-11-25)43-35(24-34(41-43)38(3,4)5)40-37(45)39-30-14-12-27(13-15-30)20-28-21-32-18-19-33(22-28)42(32)36(44)23-29-9-7-6-8-26(29)2/h6-17,24,28,32-33H,18-23H2,1-5H3,(H2,39,40,45). The Balaban J connectivity index is 1.05. The number of anilines is 2. The van der Waals surface area contributed by atoms with Gasteiger partial charge in [-0.05, 0) is 92.8 Å². The molecule has 2 saturated heterocycles. The van der Waals surface area contributed by atoms with Gasteiger partial charge in [-0.15, -0.1) is 0 Å². The number of aryl methyl sites for hydroxylation is 2. The van der Waals surface area contributed by atoms with Crippen LogP contribution in [0, 0.1) is 19.8 Å². The van der Waals surface area contributed by atoms with E-state index >= 15 is 0 Å². The highest BCUT2D eigenvalue weighted by atomic mass is 16.2. The lowest BCUT2D eigenvalue weighted by molar-refractivity contribution is -0.135. The van der Waals surface area contributed by atoms with E-state index in [4.69, 9.17) is 5.10 Å². The Labute approximate surface area is 267 Å². The zero-order valence-electron chi connectivity index (χ0n) is 27.1. The van der Waals surface area contributed by atoms with Crippen molar-refractivity contribution in [2.24, 2.45) is 5.92 Å². The number of piperidine rings is 1. The SMILES string of the molecule is Cc1ccc(-n2nc(C(C)(C)C)cc2NC(=O)Nc2ccc(CC3CC4CCC(C3)N4C(=O)Cc3ccccc3C)cc2)cc1. The van der Waals surface area contributed by atoms with Gasteiger partial charge in [-0.25, -0.2) is 9.48 Å². The molecule has 2 N–H and O–H groups in total. The second kappa shape index (κ2) is 12.5. The number of urea groups is 1. The molecule has 3 heterocycles. The van der Waals surface area contributed by atoms with Gasteiger partial charge in [-0.1, -0.05) is 74.9 Å². The van der Waals surface area contributed by atoms with Crippen molar-refractivity contribution in [3.05, 3.63) is 107 Å². The van der Waals surface area contributed by atoms with Crippen LogP contribution in [-0.4, -0.2) is 38.7 Å². The zero-order valence-corrected chi connectivity index (χ0v) is 27.1. The molecular formula is C38H45N5O2. The van der Waals surface area contributed by atoms with Crippen LogP contribution in [0.15, 0.2) is 78.9 Å². The highest BCUT2D eigenvalue weighted by Crippen LogP contribution is 2.40. The van der Waals surface area contributed by atoms with Crippen molar-refractivity contribution in [3.8, 4) is 5.69 Å². The fraction of sp³-hybridized carbons (Fsp3) is 0.395. The Kier molecular flexibility index (Phi) is 8.54. The fourth-order valence-electron chi connectivity index (χ4n) is 6.98. The molecule has 234 valence electrons. The highest BCUT2D eigenvalue weighted by molar-refractivity contribution is 5.99. The summed E-state index contributed by atoms with van der Waals surface area (Å²) in [6.07, 6.45) is 5.83. The molecule has 2 fully saturated rings. The number of carbonyl (C=O) groups excluding carboxylic acids is 2. The molecule has 1 aromatic heterocycles. The molecule has 7 heteroatoms. The molecule has 6 rings (SSSR count). The summed E-state index contributed by atoms with van der Waals surface area (Å²) in [4.78, 5) is 28.6. The molecule has 2 bridgehead atoms. The van der Waals surface area contributed by atoms with Crippen molar-refractivity contribution >= 4 is 23.4 Å². The zero-order chi connectivity index (χ0) is 31.7. The quantitative estimate of drug-likeness (QED) is 0.225. The lowest BCUT2D eigenvalue weighted by Gasteiger charge is -2.39. The van der Waals surface area contributed by atoms with E-state index in [-0.39, 0.29) is 17.4 Å². The summed E-state index contributed by atoms with van der Waals surface area (Å²) >= 11 is 0. The number of nitrogens with one attached hydrogen (secondary N) is 2. The topological polar surface area (TPSA) is 79.3 Å². The molecule has 2 unspecified atom stereocenters. The molecule has 0 saturated carbocycles. The molecule has 2 atom stereocenters. The molecule has 7 nitrogen and oxygen atoms in total. The van der Waals surface area contributed by atoms with E-state index < -0.39 is 0 Å². The first kappa shape index (κ1) is 30.6. The smallest absolute Gasteiger partial charge is 0.324 e. The molecule has 0 spiro atoms. The van der Waals surface area contributed by atoms with E-state index in [1.54, 1.807) is 4.68 Å². The number of rotatable bonds is 7. The third-order valence-electron chi connectivity index (χ3n) is 9.46. The molecule has 3 amide bonds. The molecule has 2 aliphatic rings. The van der Waals surface area contributed by atoms with Crippen molar-refractivity contribution in [3.63, 3.8) is 0 Å². The normalized spacial score (nSPS) is 19.4. The highest BCUT2D eigenvalue weighted by Gasteiger charge is 2.42. The Bertz CT molecular complexity index is 1650. The van der Waals surface area contributed by atoms with E-state index in [9.17, 15) is 9.59 Å². The third-order valence-corrected chi connectivity index (χ3v) is 9.46. The van der Waals surface area contributed by atoms with Crippen molar-refractivity contribution in [1.82, 2.24) is 14.7 Å². The number of aromatic nitrogens is 2. The van der Waals surface area contributed by atoms with Gasteiger partial charge >= 0.3 is 6.03 Å². The third kappa shape index (κ3) is 6.98. The monoisotopic (exact) mass is 603 g/mol. The Morgan fingerprint density at radius 1 is 0.867 bits per heavy atom. The number of nitrogens with zero attached hydrogens (tertiary/aromatic N) is 3. The van der Waals surface area contributed by atoms with Gasteiger partial charge in [-0.3, -0.25) is 10.1 Å². The van der Waals surface area contributed by atoms with Crippen LogP contribution >= 0.6 is 0 Å². The summed E-state index contributed by atoms with van der Waals surface area (Å²) in [6.45, 7) is 10.5. The summed E-state index contributed by atoms with van der Waals surface area (Å²) in [6, 6.07) is 26.8. The average molecular weight is 604 g/mol. The van der Waals surface area contributed by atoms with Crippen LogP contribution in [0.4, 0.5) is 16.3 Å². The van der Waals surface area contributed by atoms with Crippen molar-refractivity contribution in [2.75, 3.05) is 10.6 Å². The van der Waals surface area contributed by atoms with E-state index in [1.807, 2.05) is 54.6 Å². The second-order valence-electron chi connectivity index (χ2n) is 14.0. The van der Waals surface area contributed by atoms with Crippen LogP contribution in [0.5, 0.6) is 0 Å². The van der Waals surface area contributed by atoms with Crippen LogP contribution in [0.25, 0.3) is 5.69 Å². The summed E-state index contributed by atoms with van der Waals surface area (Å²) < 4.78 is 1.79. The first-order chi connectivity index (χ1) is 21.5. The molecule has 3 aromatic carbocycles. The minimum Gasteiger partial charge on any atom is -0.336 e. The number of carbonyl (C=O) groups is 2. The molecule has 0 aliphatic carbocycles. The predicted molar refractivity (Wildman–Crippen MR) is 181 cm³/mol. The maximum absolute atomic E-state index is 13.3. The number of fused-ring (bicyclic) bond motifs is 2. The Hall–Kier alpha value is -4.39. The van der Waals surface area contributed by atoms with E-state index in [0.717, 1.165) is 54.7 Å². The largest absolute Gasteiger partial charge is 0.336 e. The minimum absolute atomic E-state index is 0.161. The minimum atomic E-state index is -0.309. The molecule has 0 radical (unpaired) electrons. The average Bonchev–Trinajstić information content (AvgIpc) is 3.54. The van der Waals surface area contributed by atoms with Crippen molar-refractivity contribution in [2.45, 2.75) is 90.6 Å². The summed E-state index contributed by atoms with van der Waals surface area (Å²) in [5, 5.41) is 10.8.